The lowest BCUT2D eigenvalue weighted by molar-refractivity contribution is 0.465. The van der Waals surface area contributed by atoms with Crippen molar-refractivity contribution >= 4 is 5.82 Å². The van der Waals surface area contributed by atoms with Gasteiger partial charge in [0.25, 0.3) is 0 Å². The summed E-state index contributed by atoms with van der Waals surface area (Å²) >= 11 is 0. The van der Waals surface area contributed by atoms with Crippen molar-refractivity contribution in [3.05, 3.63) is 24.1 Å². The third-order valence-corrected chi connectivity index (χ3v) is 3.06. The fourth-order valence-corrected chi connectivity index (χ4v) is 1.99. The van der Waals surface area contributed by atoms with Gasteiger partial charge in [0.1, 0.15) is 5.82 Å². The molecule has 5 heteroatoms. The van der Waals surface area contributed by atoms with Crippen molar-refractivity contribution in [2.45, 2.75) is 25.9 Å². The molecule has 2 atom stereocenters. The Bertz CT molecular complexity index is 348. The van der Waals surface area contributed by atoms with Crippen molar-refractivity contribution in [2.75, 3.05) is 11.9 Å². The van der Waals surface area contributed by atoms with Gasteiger partial charge in [-0.1, -0.05) is 6.07 Å². The zero-order valence-corrected chi connectivity index (χ0v) is 9.50. The number of nitrogens with zero attached hydrogens (tertiary/aromatic N) is 1. The molecule has 0 aliphatic carbocycles. The number of anilines is 1. The van der Waals surface area contributed by atoms with E-state index in [9.17, 15) is 4.39 Å². The molecule has 1 aliphatic rings. The molecule has 2 unspecified atom stereocenters. The minimum atomic E-state index is -0.450. The lowest BCUT2D eigenvalue weighted by Crippen LogP contribution is -2.30. The zero-order valence-electron chi connectivity index (χ0n) is 9.50. The van der Waals surface area contributed by atoms with Crippen molar-refractivity contribution in [1.29, 1.82) is 0 Å². The van der Waals surface area contributed by atoms with E-state index in [2.05, 4.69) is 35.0 Å². The molecule has 2 rings (SSSR count). The lowest BCUT2D eigenvalue weighted by Gasteiger charge is -2.18. The molecule has 0 amide bonds. The van der Waals surface area contributed by atoms with Crippen molar-refractivity contribution in [3.8, 4) is 0 Å². The summed E-state index contributed by atoms with van der Waals surface area (Å²) in [6.45, 7) is 5.03. The van der Waals surface area contributed by atoms with Crippen LogP contribution in [0.1, 0.15) is 13.8 Å². The van der Waals surface area contributed by atoms with Gasteiger partial charge in [0.15, 0.2) is 0 Å². The van der Waals surface area contributed by atoms with E-state index in [1.807, 2.05) is 0 Å². The van der Waals surface area contributed by atoms with E-state index in [1.54, 1.807) is 12.1 Å². The van der Waals surface area contributed by atoms with Gasteiger partial charge in [0.2, 0.25) is 5.95 Å². The Hall–Kier alpha value is -1.20. The van der Waals surface area contributed by atoms with Crippen molar-refractivity contribution < 1.29 is 4.39 Å². The van der Waals surface area contributed by atoms with Crippen LogP contribution in [0, 0.1) is 11.9 Å². The summed E-state index contributed by atoms with van der Waals surface area (Å²) in [6.07, 6.45) is 0. The van der Waals surface area contributed by atoms with Crippen LogP contribution in [0.3, 0.4) is 0 Å². The predicted molar refractivity (Wildman–Crippen MR) is 61.4 cm³/mol. The third-order valence-electron chi connectivity index (χ3n) is 3.06. The van der Waals surface area contributed by atoms with Crippen LogP contribution in [0.4, 0.5) is 10.2 Å². The molecular formula is C11H17FN4. The molecular weight excluding hydrogens is 207 g/mol. The quantitative estimate of drug-likeness (QED) is 0.674. The fourth-order valence-electron chi connectivity index (χ4n) is 1.99. The van der Waals surface area contributed by atoms with Crippen molar-refractivity contribution in [3.63, 3.8) is 0 Å². The molecule has 88 valence electrons. The first-order valence-corrected chi connectivity index (χ1v) is 5.54. The molecule has 16 heavy (non-hydrogen) atoms. The summed E-state index contributed by atoms with van der Waals surface area (Å²) in [7, 11) is 0. The van der Waals surface area contributed by atoms with Gasteiger partial charge in [-0.25, -0.2) is 4.98 Å². The summed E-state index contributed by atoms with van der Waals surface area (Å²) in [6, 6.07) is 5.57. The Kier molecular flexibility index (Phi) is 3.36. The average Bonchev–Trinajstić information content (AvgIpc) is 2.56. The smallest absolute Gasteiger partial charge is 0.214 e. The Labute approximate surface area is 94.6 Å². The Morgan fingerprint density at radius 1 is 1.31 bits per heavy atom. The highest BCUT2D eigenvalue weighted by molar-refractivity contribution is 5.33. The predicted octanol–water partition coefficient (Wildman–Crippen LogP) is 1.13. The van der Waals surface area contributed by atoms with Gasteiger partial charge < -0.3 is 5.32 Å². The SMILES string of the molecule is CC1NNC(C)C1CNc1cccc(F)n1. The molecule has 0 aromatic carbocycles. The van der Waals surface area contributed by atoms with Crippen LogP contribution in [0.15, 0.2) is 18.2 Å². The number of rotatable bonds is 3. The lowest BCUT2D eigenvalue weighted by atomic mass is 9.97. The summed E-state index contributed by atoms with van der Waals surface area (Å²) in [5.74, 6) is 0.602. The van der Waals surface area contributed by atoms with E-state index in [1.165, 1.54) is 6.07 Å². The largest absolute Gasteiger partial charge is 0.370 e. The molecule has 1 aromatic rings. The van der Waals surface area contributed by atoms with E-state index in [4.69, 9.17) is 0 Å². The molecule has 0 radical (unpaired) electrons. The molecule has 1 aromatic heterocycles. The van der Waals surface area contributed by atoms with Gasteiger partial charge in [-0.15, -0.1) is 0 Å². The van der Waals surface area contributed by atoms with Crippen LogP contribution in [0.25, 0.3) is 0 Å². The minimum absolute atomic E-state index is 0.399. The molecule has 1 saturated heterocycles. The van der Waals surface area contributed by atoms with Crippen LogP contribution in [0.5, 0.6) is 0 Å². The first kappa shape index (κ1) is 11.3. The summed E-state index contributed by atoms with van der Waals surface area (Å²) in [4.78, 5) is 3.77. The minimum Gasteiger partial charge on any atom is -0.370 e. The van der Waals surface area contributed by atoms with Crippen LogP contribution < -0.4 is 16.2 Å². The zero-order chi connectivity index (χ0) is 11.5. The Morgan fingerprint density at radius 2 is 2.00 bits per heavy atom. The fraction of sp³-hybridized carbons (Fsp3) is 0.545. The third kappa shape index (κ3) is 2.48. The van der Waals surface area contributed by atoms with E-state index in [0.29, 0.717) is 23.8 Å². The normalized spacial score (nSPS) is 29.3. The molecule has 2 heterocycles. The van der Waals surface area contributed by atoms with Gasteiger partial charge in [-0.3, -0.25) is 10.9 Å². The Balaban J connectivity index is 1.92. The number of hydrogen-bond acceptors (Lipinski definition) is 4. The van der Waals surface area contributed by atoms with Crippen LogP contribution in [-0.2, 0) is 0 Å². The number of pyridine rings is 1. The number of nitrogens with one attached hydrogen (secondary N) is 3. The number of halogens is 1. The number of hydrazine groups is 1. The maximum absolute atomic E-state index is 12.8. The van der Waals surface area contributed by atoms with E-state index in [-0.39, 0.29) is 0 Å². The summed E-state index contributed by atoms with van der Waals surface area (Å²) in [5.41, 5.74) is 6.36. The first-order valence-electron chi connectivity index (χ1n) is 5.54. The molecule has 0 bridgehead atoms. The van der Waals surface area contributed by atoms with Crippen LogP contribution in [-0.4, -0.2) is 23.6 Å². The maximum Gasteiger partial charge on any atom is 0.214 e. The van der Waals surface area contributed by atoms with E-state index >= 15 is 0 Å². The highest BCUT2D eigenvalue weighted by atomic mass is 19.1. The van der Waals surface area contributed by atoms with E-state index in [0.717, 1.165) is 6.54 Å². The van der Waals surface area contributed by atoms with Crippen LogP contribution >= 0.6 is 0 Å². The van der Waals surface area contributed by atoms with Gasteiger partial charge in [-0.05, 0) is 26.0 Å². The first-order chi connectivity index (χ1) is 7.66. The number of hydrogen-bond donors (Lipinski definition) is 3. The topological polar surface area (TPSA) is 49.0 Å². The van der Waals surface area contributed by atoms with E-state index < -0.39 is 5.95 Å². The molecule has 4 nitrogen and oxygen atoms in total. The average molecular weight is 224 g/mol. The Morgan fingerprint density at radius 3 is 2.62 bits per heavy atom. The van der Waals surface area contributed by atoms with Crippen LogP contribution in [0.2, 0.25) is 0 Å². The highest BCUT2D eigenvalue weighted by Crippen LogP contribution is 2.15. The summed E-state index contributed by atoms with van der Waals surface area (Å²) < 4.78 is 12.8. The highest BCUT2D eigenvalue weighted by Gasteiger charge is 2.29. The summed E-state index contributed by atoms with van der Waals surface area (Å²) in [5, 5.41) is 3.16. The second-order valence-corrected chi connectivity index (χ2v) is 4.26. The molecule has 3 N–H and O–H groups in total. The van der Waals surface area contributed by atoms with Gasteiger partial charge >= 0.3 is 0 Å². The maximum atomic E-state index is 12.8. The molecule has 0 spiro atoms. The monoisotopic (exact) mass is 224 g/mol. The van der Waals surface area contributed by atoms with Gasteiger partial charge in [0.05, 0.1) is 0 Å². The number of aromatic nitrogens is 1. The molecule has 0 saturated carbocycles. The van der Waals surface area contributed by atoms with Gasteiger partial charge in [-0.2, -0.15) is 4.39 Å². The molecule has 1 aliphatic heterocycles. The second-order valence-electron chi connectivity index (χ2n) is 4.26. The van der Waals surface area contributed by atoms with Gasteiger partial charge in [0, 0.05) is 24.5 Å². The van der Waals surface area contributed by atoms with Crippen molar-refractivity contribution in [2.24, 2.45) is 5.92 Å². The standard InChI is InChI=1S/C11H17FN4/c1-7-9(8(2)16-15-7)6-13-11-5-3-4-10(12)14-11/h3-5,7-9,15-16H,6H2,1-2H3,(H,13,14). The van der Waals surface area contributed by atoms with Crippen molar-refractivity contribution in [1.82, 2.24) is 15.8 Å². The second kappa shape index (κ2) is 4.76. The molecule has 1 fully saturated rings.